The fourth-order valence-corrected chi connectivity index (χ4v) is 8.94. The highest BCUT2D eigenvalue weighted by atomic mass is 32.2. The maximum Gasteiger partial charge on any atom is 0.413 e. The van der Waals surface area contributed by atoms with Crippen molar-refractivity contribution in [1.82, 2.24) is 34.0 Å². The van der Waals surface area contributed by atoms with E-state index in [-0.39, 0.29) is 15.4 Å². The van der Waals surface area contributed by atoms with Crippen LogP contribution >= 0.6 is 11.3 Å². The van der Waals surface area contributed by atoms with E-state index in [1.807, 2.05) is 24.4 Å². The molecule has 250 valence electrons. The zero-order valence-corrected chi connectivity index (χ0v) is 28.6. The van der Waals surface area contributed by atoms with Crippen LogP contribution in [0.5, 0.6) is 0 Å². The number of hydrogen-bond acceptors (Lipinski definition) is 13. The van der Waals surface area contributed by atoms with E-state index >= 15 is 0 Å². The van der Waals surface area contributed by atoms with Crippen molar-refractivity contribution in [3.8, 4) is 11.1 Å². The van der Waals surface area contributed by atoms with Crippen LogP contribution in [0.25, 0.3) is 22.0 Å². The lowest BCUT2D eigenvalue weighted by Crippen LogP contribution is -2.50. The number of carbonyl (C=O) groups excluding carboxylic acids is 1. The molecule has 0 radical (unpaired) electrons. The average molecular weight is 681 g/mol. The van der Waals surface area contributed by atoms with Crippen molar-refractivity contribution in [3.63, 3.8) is 0 Å². The summed E-state index contributed by atoms with van der Waals surface area (Å²) in [6.45, 7) is 10.2. The number of hydrogen-bond donors (Lipinski definition) is 2. The Kier molecular flexibility index (Phi) is 9.84. The number of thiazole rings is 1. The second kappa shape index (κ2) is 14.0. The average Bonchev–Trinajstić information content (AvgIpc) is 3.45. The first kappa shape index (κ1) is 33.0. The molecular weight excluding hydrogens is 641 g/mol. The Morgan fingerprint density at radius 1 is 1.04 bits per heavy atom. The third kappa shape index (κ3) is 7.31. The minimum atomic E-state index is -3.75. The highest BCUT2D eigenvalue weighted by molar-refractivity contribution is 7.91. The van der Waals surface area contributed by atoms with Gasteiger partial charge in [-0.25, -0.2) is 33.1 Å². The second-order valence-electron chi connectivity index (χ2n) is 11.9. The Balaban J connectivity index is 1.10. The SMILES string of the molecule is COC(=O)Nc1nc(C)c(S(=O)(=O)N2CCN(CC(C)Nc3ncnc4c(-c5ccnc(N6CCN(C)CC6)c5)cccc34)CC2)s1. The second-order valence-corrected chi connectivity index (χ2v) is 15.0. The summed E-state index contributed by atoms with van der Waals surface area (Å²) < 4.78 is 33.0. The zero-order valence-electron chi connectivity index (χ0n) is 27.0. The predicted octanol–water partition coefficient (Wildman–Crippen LogP) is 3.19. The molecule has 5 heterocycles. The summed E-state index contributed by atoms with van der Waals surface area (Å²) in [7, 11) is -0.363. The topological polar surface area (TPSA) is 149 Å². The van der Waals surface area contributed by atoms with Gasteiger partial charge < -0.3 is 19.9 Å². The first-order valence-corrected chi connectivity index (χ1v) is 17.8. The monoisotopic (exact) mass is 680 g/mol. The Morgan fingerprint density at radius 2 is 1.81 bits per heavy atom. The van der Waals surface area contributed by atoms with Crippen LogP contribution in [-0.2, 0) is 14.8 Å². The minimum Gasteiger partial charge on any atom is -0.453 e. The van der Waals surface area contributed by atoms with Gasteiger partial charge >= 0.3 is 6.09 Å². The third-order valence-electron chi connectivity index (χ3n) is 8.52. The summed E-state index contributed by atoms with van der Waals surface area (Å²) in [4.78, 5) is 36.6. The summed E-state index contributed by atoms with van der Waals surface area (Å²) in [5.41, 5.74) is 3.31. The van der Waals surface area contributed by atoms with Crippen molar-refractivity contribution in [3.05, 3.63) is 48.5 Å². The van der Waals surface area contributed by atoms with Crippen molar-refractivity contribution in [2.75, 3.05) is 88.6 Å². The van der Waals surface area contributed by atoms with Crippen molar-refractivity contribution < 1.29 is 17.9 Å². The number of sulfonamides is 1. The van der Waals surface area contributed by atoms with Crippen LogP contribution in [0.4, 0.5) is 21.6 Å². The number of nitrogens with one attached hydrogen (secondary N) is 2. The standard InChI is InChI=1S/C31H40N10O4S2/c1-21(19-39-12-16-41(17-13-39)47(43,44)29-22(2)36-30(46-29)37-31(42)45-4)35-28-25-7-5-6-24(27(25)33-20-34-28)23-8-9-32-26(18-23)40-14-10-38(3)11-15-40/h5-9,18,20-21H,10-17,19H2,1-4H3,(H,33,34,35)(H,36,37,42). The number of ether oxygens (including phenoxy) is 1. The number of methoxy groups -OCH3 is 1. The van der Waals surface area contributed by atoms with Gasteiger partial charge in [0.1, 0.15) is 18.0 Å². The molecule has 1 atom stereocenters. The number of aryl methyl sites for hydroxylation is 1. The van der Waals surface area contributed by atoms with Gasteiger partial charge in [-0.05, 0) is 44.7 Å². The maximum absolute atomic E-state index is 13.4. The lowest BCUT2D eigenvalue weighted by Gasteiger charge is -2.35. The molecule has 6 rings (SSSR count). The molecule has 2 N–H and O–H groups in total. The molecule has 3 aromatic heterocycles. The Morgan fingerprint density at radius 3 is 2.55 bits per heavy atom. The number of carbonyl (C=O) groups is 1. The van der Waals surface area contributed by atoms with Gasteiger partial charge in [0.15, 0.2) is 9.34 Å². The smallest absolute Gasteiger partial charge is 0.413 e. The quantitative estimate of drug-likeness (QED) is 0.267. The van der Waals surface area contributed by atoms with Crippen molar-refractivity contribution in [1.29, 1.82) is 0 Å². The van der Waals surface area contributed by atoms with E-state index in [2.05, 4.69) is 76.1 Å². The molecule has 16 heteroatoms. The third-order valence-corrected chi connectivity index (χ3v) is 12.1. The molecule has 2 aliphatic rings. The highest BCUT2D eigenvalue weighted by Gasteiger charge is 2.32. The van der Waals surface area contributed by atoms with E-state index in [9.17, 15) is 13.2 Å². The van der Waals surface area contributed by atoms with Crippen molar-refractivity contribution in [2.45, 2.75) is 24.1 Å². The fourth-order valence-electron chi connectivity index (χ4n) is 5.98. The fraction of sp³-hybridized carbons (Fsp3) is 0.452. The molecule has 4 aromatic rings. The number of likely N-dealkylation sites (N-methyl/N-ethyl adjacent to an activating group) is 1. The van der Waals surface area contributed by atoms with Crippen LogP contribution in [0.3, 0.4) is 0 Å². The van der Waals surface area contributed by atoms with E-state index in [0.717, 1.165) is 71.2 Å². The normalized spacial score (nSPS) is 17.5. The molecule has 1 aromatic carbocycles. The largest absolute Gasteiger partial charge is 0.453 e. The molecule has 1 unspecified atom stereocenters. The molecule has 47 heavy (non-hydrogen) atoms. The van der Waals surface area contributed by atoms with Crippen LogP contribution in [0.1, 0.15) is 12.6 Å². The van der Waals surface area contributed by atoms with Crippen molar-refractivity contribution >= 4 is 55.1 Å². The molecule has 14 nitrogen and oxygen atoms in total. The number of fused-ring (bicyclic) bond motifs is 1. The van der Waals surface area contributed by atoms with Gasteiger partial charge in [0, 0.05) is 82.1 Å². The van der Waals surface area contributed by atoms with Crippen LogP contribution in [0.2, 0.25) is 0 Å². The summed E-state index contributed by atoms with van der Waals surface area (Å²) in [5.74, 6) is 1.74. The number of nitrogens with zero attached hydrogens (tertiary/aromatic N) is 8. The summed E-state index contributed by atoms with van der Waals surface area (Å²) in [6, 6.07) is 10.4. The number of aromatic nitrogens is 4. The Hall–Kier alpha value is -3.96. The summed E-state index contributed by atoms with van der Waals surface area (Å²) in [6.07, 6.45) is 2.77. The summed E-state index contributed by atoms with van der Waals surface area (Å²) in [5, 5.41) is 7.15. The molecule has 2 fully saturated rings. The van der Waals surface area contributed by atoms with Gasteiger partial charge in [-0.15, -0.1) is 0 Å². The van der Waals surface area contributed by atoms with Crippen LogP contribution < -0.4 is 15.5 Å². The zero-order chi connectivity index (χ0) is 33.1. The predicted molar refractivity (Wildman–Crippen MR) is 184 cm³/mol. The molecule has 0 saturated carbocycles. The molecule has 2 aliphatic heterocycles. The number of pyridine rings is 1. The van der Waals surface area contributed by atoms with Gasteiger partial charge in [-0.1, -0.05) is 23.5 Å². The van der Waals surface area contributed by atoms with Gasteiger partial charge in [-0.2, -0.15) is 4.31 Å². The van der Waals surface area contributed by atoms with Crippen LogP contribution in [0.15, 0.2) is 47.1 Å². The Bertz CT molecular complexity index is 1840. The number of para-hydroxylation sites is 1. The van der Waals surface area contributed by atoms with Crippen LogP contribution in [0, 0.1) is 6.92 Å². The molecule has 0 spiro atoms. The number of anilines is 3. The van der Waals surface area contributed by atoms with E-state index in [4.69, 9.17) is 0 Å². The molecule has 0 bridgehead atoms. The van der Waals surface area contributed by atoms with Gasteiger partial charge in [0.25, 0.3) is 10.0 Å². The van der Waals surface area contributed by atoms with E-state index in [1.54, 1.807) is 13.3 Å². The molecule has 1 amide bonds. The van der Waals surface area contributed by atoms with E-state index in [0.29, 0.717) is 38.4 Å². The maximum atomic E-state index is 13.4. The Labute approximate surface area is 278 Å². The lowest BCUT2D eigenvalue weighted by atomic mass is 10.0. The number of piperazine rings is 2. The van der Waals surface area contributed by atoms with E-state index in [1.165, 1.54) is 11.4 Å². The van der Waals surface area contributed by atoms with Gasteiger partial charge in [0.05, 0.1) is 18.3 Å². The van der Waals surface area contributed by atoms with Gasteiger partial charge in [-0.3, -0.25) is 10.2 Å². The molecule has 0 aliphatic carbocycles. The number of rotatable bonds is 9. The minimum absolute atomic E-state index is 0.0420. The lowest BCUT2D eigenvalue weighted by molar-refractivity contribution is 0.184. The first-order chi connectivity index (χ1) is 22.6. The van der Waals surface area contributed by atoms with E-state index < -0.39 is 16.1 Å². The molecule has 2 saturated heterocycles. The van der Waals surface area contributed by atoms with Crippen LogP contribution in [-0.4, -0.2) is 128 Å². The van der Waals surface area contributed by atoms with Gasteiger partial charge in [0.2, 0.25) is 0 Å². The number of benzene rings is 1. The summed E-state index contributed by atoms with van der Waals surface area (Å²) >= 11 is 0.929. The van der Waals surface area contributed by atoms with Crippen molar-refractivity contribution in [2.24, 2.45) is 0 Å². The molecular formula is C31H40N10O4S2. The first-order valence-electron chi connectivity index (χ1n) is 15.6. The number of amides is 1. The highest BCUT2D eigenvalue weighted by Crippen LogP contribution is 2.33.